The summed E-state index contributed by atoms with van der Waals surface area (Å²) >= 11 is 0. The van der Waals surface area contributed by atoms with E-state index in [4.69, 9.17) is 5.11 Å². The number of rotatable bonds is 6. The molecule has 1 aliphatic rings. The van der Waals surface area contributed by atoms with E-state index in [-0.39, 0.29) is 17.3 Å². The molecule has 1 aromatic rings. The predicted octanol–water partition coefficient (Wildman–Crippen LogP) is 1.44. The summed E-state index contributed by atoms with van der Waals surface area (Å²) in [6.45, 7) is 3.47. The van der Waals surface area contributed by atoms with E-state index in [2.05, 4.69) is 9.97 Å². The Balaban J connectivity index is 2.08. The van der Waals surface area contributed by atoms with Crippen molar-refractivity contribution < 1.29 is 14.7 Å². The largest absolute Gasteiger partial charge is 0.476 e. The zero-order valence-electron chi connectivity index (χ0n) is 10.9. The second-order valence-corrected chi connectivity index (χ2v) is 4.79. The first-order valence-corrected chi connectivity index (χ1v) is 6.46. The maximum atomic E-state index is 12.3. The van der Waals surface area contributed by atoms with E-state index in [9.17, 15) is 9.59 Å². The van der Waals surface area contributed by atoms with Gasteiger partial charge in [-0.3, -0.25) is 4.79 Å². The van der Waals surface area contributed by atoms with Crippen molar-refractivity contribution in [2.24, 2.45) is 5.92 Å². The number of hydrogen-bond acceptors (Lipinski definition) is 4. The summed E-state index contributed by atoms with van der Waals surface area (Å²) in [4.78, 5) is 32.3. The third-order valence-electron chi connectivity index (χ3n) is 3.05. The minimum Gasteiger partial charge on any atom is -0.476 e. The highest BCUT2D eigenvalue weighted by Crippen LogP contribution is 2.30. The van der Waals surface area contributed by atoms with Crippen LogP contribution in [0.1, 0.15) is 47.2 Å². The van der Waals surface area contributed by atoms with Gasteiger partial charge in [0.05, 0.1) is 12.4 Å². The van der Waals surface area contributed by atoms with Crippen molar-refractivity contribution in [2.45, 2.75) is 26.2 Å². The zero-order valence-corrected chi connectivity index (χ0v) is 10.9. The molecule has 1 aromatic heterocycles. The molecule has 1 fully saturated rings. The maximum Gasteiger partial charge on any atom is 0.356 e. The maximum absolute atomic E-state index is 12.3. The van der Waals surface area contributed by atoms with Gasteiger partial charge in [0.2, 0.25) is 0 Å². The van der Waals surface area contributed by atoms with Crippen LogP contribution >= 0.6 is 0 Å². The van der Waals surface area contributed by atoms with Crippen molar-refractivity contribution in [1.29, 1.82) is 0 Å². The first-order chi connectivity index (χ1) is 9.11. The highest BCUT2D eigenvalue weighted by molar-refractivity contribution is 5.92. The Kier molecular flexibility index (Phi) is 4.09. The van der Waals surface area contributed by atoms with Gasteiger partial charge in [-0.2, -0.15) is 0 Å². The molecule has 1 N–H and O–H groups in total. The SMILES string of the molecule is CCCN(CC1CC1)C(=O)c1cnc(C(=O)O)cn1. The lowest BCUT2D eigenvalue weighted by Gasteiger charge is -2.21. The van der Waals surface area contributed by atoms with Gasteiger partial charge in [-0.1, -0.05) is 6.92 Å². The normalized spacial score (nSPS) is 14.2. The number of carboxylic acids is 1. The van der Waals surface area contributed by atoms with E-state index in [0.29, 0.717) is 12.5 Å². The number of aromatic carboxylic acids is 1. The Bertz CT molecular complexity index is 469. The van der Waals surface area contributed by atoms with Crippen molar-refractivity contribution in [1.82, 2.24) is 14.9 Å². The lowest BCUT2D eigenvalue weighted by molar-refractivity contribution is 0.0685. The van der Waals surface area contributed by atoms with Crippen molar-refractivity contribution in [3.05, 3.63) is 23.8 Å². The summed E-state index contributed by atoms with van der Waals surface area (Å²) in [5.74, 6) is -0.699. The van der Waals surface area contributed by atoms with E-state index < -0.39 is 5.97 Å². The fourth-order valence-corrected chi connectivity index (χ4v) is 1.87. The number of carbonyl (C=O) groups is 2. The highest BCUT2D eigenvalue weighted by Gasteiger charge is 2.27. The minimum absolute atomic E-state index is 0.152. The fraction of sp³-hybridized carbons (Fsp3) is 0.538. The molecular weight excluding hydrogens is 246 g/mol. The summed E-state index contributed by atoms with van der Waals surface area (Å²) in [5, 5.41) is 8.74. The first-order valence-electron chi connectivity index (χ1n) is 6.46. The summed E-state index contributed by atoms with van der Waals surface area (Å²) < 4.78 is 0. The molecule has 102 valence electrons. The van der Waals surface area contributed by atoms with E-state index in [1.165, 1.54) is 19.0 Å². The molecule has 6 nitrogen and oxygen atoms in total. The monoisotopic (exact) mass is 263 g/mol. The molecule has 0 aliphatic heterocycles. The van der Waals surface area contributed by atoms with Crippen molar-refractivity contribution in [3.8, 4) is 0 Å². The highest BCUT2D eigenvalue weighted by atomic mass is 16.4. The van der Waals surface area contributed by atoms with Crippen molar-refractivity contribution in [3.63, 3.8) is 0 Å². The molecule has 2 rings (SSSR count). The van der Waals surface area contributed by atoms with Crippen LogP contribution in [0.25, 0.3) is 0 Å². The molecule has 0 aromatic carbocycles. The molecule has 0 unspecified atom stereocenters. The topological polar surface area (TPSA) is 83.4 Å². The van der Waals surface area contributed by atoms with Crippen LogP contribution in [-0.2, 0) is 0 Å². The van der Waals surface area contributed by atoms with Gasteiger partial charge in [-0.05, 0) is 25.2 Å². The minimum atomic E-state index is -1.14. The third-order valence-corrected chi connectivity index (χ3v) is 3.05. The molecule has 0 radical (unpaired) electrons. The van der Waals surface area contributed by atoms with Gasteiger partial charge >= 0.3 is 5.97 Å². The van der Waals surface area contributed by atoms with Crippen LogP contribution in [0.15, 0.2) is 12.4 Å². The number of hydrogen-bond donors (Lipinski definition) is 1. The molecule has 1 amide bonds. The molecular formula is C13H17N3O3. The second kappa shape index (κ2) is 5.77. The van der Waals surface area contributed by atoms with Crippen molar-refractivity contribution in [2.75, 3.05) is 13.1 Å². The van der Waals surface area contributed by atoms with Crippen molar-refractivity contribution >= 4 is 11.9 Å². The summed E-state index contributed by atoms with van der Waals surface area (Å²) in [7, 11) is 0. The van der Waals surface area contributed by atoms with E-state index in [1.807, 2.05) is 6.92 Å². The van der Waals surface area contributed by atoms with Crippen LogP contribution in [0, 0.1) is 5.92 Å². The Labute approximate surface area is 111 Å². The summed E-state index contributed by atoms with van der Waals surface area (Å²) in [6, 6.07) is 0. The third kappa shape index (κ3) is 3.49. The molecule has 1 heterocycles. The van der Waals surface area contributed by atoms with E-state index in [0.717, 1.165) is 19.2 Å². The molecule has 0 spiro atoms. The molecule has 1 aliphatic carbocycles. The number of nitrogens with zero attached hydrogens (tertiary/aromatic N) is 3. The average molecular weight is 263 g/mol. The predicted molar refractivity (Wildman–Crippen MR) is 67.9 cm³/mol. The van der Waals surface area contributed by atoms with Crippen LogP contribution in [0.3, 0.4) is 0 Å². The summed E-state index contributed by atoms with van der Waals surface area (Å²) in [5.41, 5.74) is 0.0554. The van der Waals surface area contributed by atoms with Gasteiger partial charge in [0.1, 0.15) is 5.69 Å². The number of carboxylic acid groups (broad SMARTS) is 1. The Morgan fingerprint density at radius 2 is 1.95 bits per heavy atom. The smallest absolute Gasteiger partial charge is 0.356 e. The molecule has 0 bridgehead atoms. The second-order valence-electron chi connectivity index (χ2n) is 4.79. The van der Waals surface area contributed by atoms with E-state index >= 15 is 0 Å². The van der Waals surface area contributed by atoms with Gasteiger partial charge in [-0.15, -0.1) is 0 Å². The first kappa shape index (κ1) is 13.5. The number of carbonyl (C=O) groups excluding carboxylic acids is 1. The Morgan fingerprint density at radius 3 is 2.42 bits per heavy atom. The Morgan fingerprint density at radius 1 is 1.32 bits per heavy atom. The quantitative estimate of drug-likeness (QED) is 0.839. The average Bonchev–Trinajstić information content (AvgIpc) is 3.21. The van der Waals surface area contributed by atoms with Gasteiger partial charge in [0.25, 0.3) is 5.91 Å². The van der Waals surface area contributed by atoms with Gasteiger partial charge in [0, 0.05) is 13.1 Å². The van der Waals surface area contributed by atoms with Crippen LogP contribution in [0.4, 0.5) is 0 Å². The van der Waals surface area contributed by atoms with Crippen LogP contribution in [-0.4, -0.2) is 44.9 Å². The van der Waals surface area contributed by atoms with Gasteiger partial charge < -0.3 is 10.0 Å². The Hall–Kier alpha value is -1.98. The molecule has 1 saturated carbocycles. The lowest BCUT2D eigenvalue weighted by Crippen LogP contribution is -2.34. The summed E-state index contributed by atoms with van der Waals surface area (Å²) in [6.07, 6.45) is 5.60. The zero-order chi connectivity index (χ0) is 13.8. The lowest BCUT2D eigenvalue weighted by atomic mass is 10.3. The van der Waals surface area contributed by atoms with Crippen LogP contribution in [0.2, 0.25) is 0 Å². The number of amides is 1. The molecule has 0 saturated heterocycles. The standard InChI is InChI=1S/C13H17N3O3/c1-2-5-16(8-9-3-4-9)12(17)10-6-15-11(7-14-10)13(18)19/h6-7,9H,2-5,8H2,1H3,(H,18,19). The number of aromatic nitrogens is 2. The molecule has 19 heavy (non-hydrogen) atoms. The fourth-order valence-electron chi connectivity index (χ4n) is 1.87. The van der Waals surface area contributed by atoms with Gasteiger partial charge in [0.15, 0.2) is 5.69 Å². The molecule has 0 atom stereocenters. The molecule has 6 heteroatoms. The van der Waals surface area contributed by atoms with Crippen LogP contribution in [0.5, 0.6) is 0 Å². The van der Waals surface area contributed by atoms with Gasteiger partial charge in [-0.25, -0.2) is 14.8 Å². The van der Waals surface area contributed by atoms with Crippen LogP contribution < -0.4 is 0 Å². The van der Waals surface area contributed by atoms with E-state index in [1.54, 1.807) is 4.90 Å².